The Kier molecular flexibility index (Phi) is 5.95. The quantitative estimate of drug-likeness (QED) is 0.377. The number of benzene rings is 2. The Labute approximate surface area is 205 Å². The van der Waals surface area contributed by atoms with E-state index in [0.29, 0.717) is 22.9 Å². The number of aryl methyl sites for hydroxylation is 2. The third-order valence-corrected chi connectivity index (χ3v) is 7.68. The summed E-state index contributed by atoms with van der Waals surface area (Å²) < 4.78 is 5.62. The molecule has 3 amide bonds. The van der Waals surface area contributed by atoms with E-state index in [9.17, 15) is 19.2 Å². The van der Waals surface area contributed by atoms with Crippen molar-refractivity contribution in [3.8, 4) is 5.75 Å². The molecule has 1 saturated carbocycles. The molecule has 7 nitrogen and oxygen atoms in total. The van der Waals surface area contributed by atoms with Gasteiger partial charge in [-0.3, -0.25) is 19.2 Å². The van der Waals surface area contributed by atoms with E-state index in [4.69, 9.17) is 4.74 Å². The zero-order valence-electron chi connectivity index (χ0n) is 20.3. The fourth-order valence-electron chi connectivity index (χ4n) is 5.73. The van der Waals surface area contributed by atoms with Crippen molar-refractivity contribution in [2.45, 2.75) is 46.5 Å². The van der Waals surface area contributed by atoms with E-state index in [-0.39, 0.29) is 42.5 Å². The molecular formula is C28H30N2O5. The molecule has 0 unspecified atom stereocenters. The summed E-state index contributed by atoms with van der Waals surface area (Å²) in [7, 11) is 0. The summed E-state index contributed by atoms with van der Waals surface area (Å²) in [4.78, 5) is 54.5. The third-order valence-electron chi connectivity index (χ3n) is 7.68. The van der Waals surface area contributed by atoms with E-state index in [1.807, 2.05) is 31.2 Å². The van der Waals surface area contributed by atoms with Crippen LogP contribution in [-0.2, 0) is 19.2 Å². The molecule has 182 valence electrons. The number of esters is 1. The van der Waals surface area contributed by atoms with Crippen LogP contribution in [-0.4, -0.2) is 30.2 Å². The van der Waals surface area contributed by atoms with E-state index < -0.39 is 11.9 Å². The van der Waals surface area contributed by atoms with E-state index in [1.54, 1.807) is 30.0 Å². The molecule has 35 heavy (non-hydrogen) atoms. The molecule has 0 radical (unpaired) electrons. The first-order chi connectivity index (χ1) is 16.7. The summed E-state index contributed by atoms with van der Waals surface area (Å²) in [5, 5.41) is 0. The molecule has 3 aliphatic rings. The van der Waals surface area contributed by atoms with Gasteiger partial charge in [0.15, 0.2) is 0 Å². The second-order valence-corrected chi connectivity index (χ2v) is 10.2. The summed E-state index contributed by atoms with van der Waals surface area (Å²) in [5.41, 5.74) is 3.01. The predicted molar refractivity (Wildman–Crippen MR) is 131 cm³/mol. The zero-order valence-corrected chi connectivity index (χ0v) is 20.3. The summed E-state index contributed by atoms with van der Waals surface area (Å²) in [6.07, 6.45) is 2.57. The van der Waals surface area contributed by atoms with Crippen LogP contribution in [0.15, 0.2) is 42.5 Å². The van der Waals surface area contributed by atoms with E-state index in [1.165, 1.54) is 4.90 Å². The molecule has 2 heterocycles. The van der Waals surface area contributed by atoms with Crippen LogP contribution in [0.2, 0.25) is 0 Å². The fraction of sp³-hybridized carbons (Fsp3) is 0.429. The van der Waals surface area contributed by atoms with E-state index in [2.05, 4.69) is 6.92 Å². The summed E-state index contributed by atoms with van der Waals surface area (Å²) in [5.74, 6) is -1.06. The molecule has 2 saturated heterocycles. The van der Waals surface area contributed by atoms with E-state index >= 15 is 0 Å². The van der Waals surface area contributed by atoms with E-state index in [0.717, 1.165) is 30.5 Å². The minimum absolute atomic E-state index is 0.0994. The number of imide groups is 1. The molecule has 0 aromatic heterocycles. The number of rotatable bonds is 4. The number of hydrogen-bond acceptors (Lipinski definition) is 5. The first-order valence-electron chi connectivity index (χ1n) is 12.3. The maximum atomic E-state index is 13.1. The second kappa shape index (κ2) is 8.95. The molecule has 0 N–H and O–H groups in total. The van der Waals surface area contributed by atoms with Crippen LogP contribution < -0.4 is 14.5 Å². The maximum Gasteiger partial charge on any atom is 0.316 e. The molecule has 0 bridgehead atoms. The monoisotopic (exact) mass is 474 g/mol. The Balaban J connectivity index is 1.29. The lowest BCUT2D eigenvalue weighted by atomic mass is 9.76. The highest BCUT2D eigenvalue weighted by molar-refractivity contribution is 6.22. The molecule has 0 spiro atoms. The van der Waals surface area contributed by atoms with Crippen molar-refractivity contribution in [3.05, 3.63) is 53.6 Å². The summed E-state index contributed by atoms with van der Waals surface area (Å²) in [6.45, 7) is 6.14. The SMILES string of the molecule is Cc1ccccc1N1C[C@H](C(=O)Oc2ccc(N3C(=O)[C@H]4C[C@H](C)CC[C@H]4C3=O)c(C)c2)CC1=O. The van der Waals surface area contributed by atoms with Gasteiger partial charge in [-0.15, -0.1) is 0 Å². The van der Waals surface area contributed by atoms with Crippen LogP contribution in [0.4, 0.5) is 11.4 Å². The summed E-state index contributed by atoms with van der Waals surface area (Å²) >= 11 is 0. The number of hydrogen-bond donors (Lipinski definition) is 0. The first kappa shape index (κ1) is 23.3. The Hall–Kier alpha value is -3.48. The van der Waals surface area contributed by atoms with Gasteiger partial charge in [-0.25, -0.2) is 4.90 Å². The van der Waals surface area contributed by atoms with Crippen molar-refractivity contribution in [2.24, 2.45) is 23.7 Å². The minimum atomic E-state index is -0.561. The Bertz CT molecular complexity index is 1220. The molecule has 1 aliphatic carbocycles. The average molecular weight is 475 g/mol. The number of ether oxygens (including phenoxy) is 1. The topological polar surface area (TPSA) is 84.0 Å². The molecule has 2 aromatic carbocycles. The van der Waals surface area contributed by atoms with Crippen LogP contribution in [0.1, 0.15) is 43.7 Å². The van der Waals surface area contributed by atoms with Gasteiger partial charge in [0.2, 0.25) is 17.7 Å². The Morgan fingerprint density at radius 1 is 0.914 bits per heavy atom. The van der Waals surface area contributed by atoms with Crippen LogP contribution in [0.25, 0.3) is 0 Å². The Morgan fingerprint density at radius 2 is 1.66 bits per heavy atom. The van der Waals surface area contributed by atoms with Crippen molar-refractivity contribution in [1.29, 1.82) is 0 Å². The number of carbonyl (C=O) groups excluding carboxylic acids is 4. The number of amides is 3. The largest absolute Gasteiger partial charge is 0.426 e. The van der Waals surface area contributed by atoms with Gasteiger partial charge in [-0.1, -0.05) is 25.1 Å². The molecule has 2 aromatic rings. The van der Waals surface area contributed by atoms with Gasteiger partial charge >= 0.3 is 5.97 Å². The number of carbonyl (C=O) groups is 4. The predicted octanol–water partition coefficient (Wildman–Crippen LogP) is 4.19. The van der Waals surface area contributed by atoms with Crippen LogP contribution >= 0.6 is 0 Å². The second-order valence-electron chi connectivity index (χ2n) is 10.2. The Morgan fingerprint density at radius 3 is 2.40 bits per heavy atom. The third kappa shape index (κ3) is 4.13. The molecule has 4 atom stereocenters. The smallest absolute Gasteiger partial charge is 0.316 e. The molecule has 5 rings (SSSR count). The normalized spacial score (nSPS) is 26.3. The maximum absolute atomic E-state index is 13.1. The number of anilines is 2. The number of nitrogens with zero attached hydrogens (tertiary/aromatic N) is 2. The van der Waals surface area contributed by atoms with Gasteiger partial charge in [0.05, 0.1) is 23.4 Å². The molecule has 7 heteroatoms. The lowest BCUT2D eigenvalue weighted by Gasteiger charge is -2.25. The van der Waals surface area contributed by atoms with Gasteiger partial charge in [0.1, 0.15) is 5.75 Å². The minimum Gasteiger partial charge on any atom is -0.426 e. The lowest BCUT2D eigenvalue weighted by molar-refractivity contribution is -0.139. The van der Waals surface area contributed by atoms with Crippen molar-refractivity contribution < 1.29 is 23.9 Å². The standard InChI is InChI=1S/C28H30N2O5/c1-16-8-10-21-22(12-16)27(33)30(26(21)32)24-11-9-20(13-18(24)3)35-28(34)19-14-25(31)29(15-19)23-7-5-4-6-17(23)2/h4-7,9,11,13,16,19,21-22H,8,10,12,14-15H2,1-3H3/t16-,19-,21-,22+/m1/s1. The van der Waals surface area contributed by atoms with Gasteiger partial charge in [-0.2, -0.15) is 0 Å². The van der Waals surface area contributed by atoms with Gasteiger partial charge in [-0.05, 0) is 74.4 Å². The van der Waals surface area contributed by atoms with Crippen LogP contribution in [0.5, 0.6) is 5.75 Å². The highest BCUT2D eigenvalue weighted by Crippen LogP contribution is 2.43. The molecule has 2 aliphatic heterocycles. The van der Waals surface area contributed by atoms with Crippen LogP contribution in [0.3, 0.4) is 0 Å². The van der Waals surface area contributed by atoms with Gasteiger partial charge in [0, 0.05) is 18.7 Å². The molecular weight excluding hydrogens is 444 g/mol. The average Bonchev–Trinajstić information content (AvgIpc) is 3.32. The highest BCUT2D eigenvalue weighted by atomic mass is 16.5. The van der Waals surface area contributed by atoms with Crippen molar-refractivity contribution in [2.75, 3.05) is 16.3 Å². The fourth-order valence-corrected chi connectivity index (χ4v) is 5.73. The first-order valence-corrected chi connectivity index (χ1v) is 12.3. The van der Waals surface area contributed by atoms with Crippen molar-refractivity contribution in [3.63, 3.8) is 0 Å². The molecule has 3 fully saturated rings. The van der Waals surface area contributed by atoms with Crippen LogP contribution in [0, 0.1) is 37.5 Å². The van der Waals surface area contributed by atoms with Gasteiger partial charge < -0.3 is 9.64 Å². The highest BCUT2D eigenvalue weighted by Gasteiger charge is 2.50. The van der Waals surface area contributed by atoms with Crippen molar-refractivity contribution >= 4 is 35.1 Å². The lowest BCUT2D eigenvalue weighted by Crippen LogP contribution is -2.31. The number of para-hydroxylation sites is 1. The van der Waals surface area contributed by atoms with Gasteiger partial charge in [0.25, 0.3) is 0 Å². The van der Waals surface area contributed by atoms with Crippen molar-refractivity contribution in [1.82, 2.24) is 0 Å². The zero-order chi connectivity index (χ0) is 24.9. The number of fused-ring (bicyclic) bond motifs is 1. The summed E-state index contributed by atoms with van der Waals surface area (Å²) in [6, 6.07) is 12.6.